The maximum Gasteiger partial charge on any atom is 0.307 e. The predicted molar refractivity (Wildman–Crippen MR) is 44.2 cm³/mol. The molecule has 4 heteroatoms. The van der Waals surface area contributed by atoms with Gasteiger partial charge in [0.25, 0.3) is 0 Å². The molecule has 0 aromatic carbocycles. The minimum Gasteiger partial charge on any atom is -0.481 e. The first-order valence-corrected chi connectivity index (χ1v) is 4.16. The Labute approximate surface area is 75.6 Å². The van der Waals surface area contributed by atoms with Crippen molar-refractivity contribution >= 4 is 5.97 Å². The number of oxazole rings is 1. The minimum atomic E-state index is -0.758. The lowest BCUT2D eigenvalue weighted by molar-refractivity contribution is -0.139. The quantitative estimate of drug-likeness (QED) is 0.750. The second-order valence-corrected chi connectivity index (χ2v) is 4.02. The van der Waals surface area contributed by atoms with E-state index in [0.717, 1.165) is 0 Å². The van der Waals surface area contributed by atoms with Crippen molar-refractivity contribution in [3.63, 3.8) is 0 Å². The second kappa shape index (κ2) is 2.34. The maximum absolute atomic E-state index is 10.8. The van der Waals surface area contributed by atoms with Gasteiger partial charge < -0.3 is 9.52 Å². The smallest absolute Gasteiger partial charge is 0.307 e. The number of carbonyl (C=O) groups is 1. The van der Waals surface area contributed by atoms with Crippen LogP contribution in [0.2, 0.25) is 0 Å². The van der Waals surface area contributed by atoms with Crippen molar-refractivity contribution in [2.24, 2.45) is 11.3 Å². The molecule has 0 aliphatic heterocycles. The number of carboxylic acid groups (broad SMARTS) is 1. The number of hydrogen-bond donors (Lipinski definition) is 1. The Bertz CT molecular complexity index is 329. The molecule has 1 aromatic heterocycles. The van der Waals surface area contributed by atoms with Gasteiger partial charge in [0.2, 0.25) is 0 Å². The second-order valence-electron chi connectivity index (χ2n) is 4.02. The molecule has 0 spiro atoms. The van der Waals surface area contributed by atoms with Crippen molar-refractivity contribution in [3.8, 4) is 0 Å². The fourth-order valence-electron chi connectivity index (χ4n) is 2.01. The number of nitrogens with zero attached hydrogens (tertiary/aromatic N) is 1. The zero-order valence-electron chi connectivity index (χ0n) is 7.52. The number of aliphatic carboxylic acids is 1. The Morgan fingerprint density at radius 1 is 1.69 bits per heavy atom. The Hall–Kier alpha value is -1.32. The van der Waals surface area contributed by atoms with Gasteiger partial charge in [-0.3, -0.25) is 4.79 Å². The van der Waals surface area contributed by atoms with Crippen LogP contribution in [0.15, 0.2) is 17.0 Å². The van der Waals surface area contributed by atoms with Gasteiger partial charge in [-0.2, -0.15) is 0 Å². The lowest BCUT2D eigenvalue weighted by Gasteiger charge is -1.96. The van der Waals surface area contributed by atoms with Crippen molar-refractivity contribution < 1.29 is 14.3 Å². The summed E-state index contributed by atoms with van der Waals surface area (Å²) in [6.07, 6.45) is 2.93. The first kappa shape index (κ1) is 8.29. The Morgan fingerprint density at radius 3 is 2.77 bits per heavy atom. The molecule has 1 aliphatic carbocycles. The number of carboxylic acids is 1. The summed E-state index contributed by atoms with van der Waals surface area (Å²) < 4.78 is 5.10. The standard InChI is InChI=1S/C9H11NO3/c1-9(2)6(7(9)8(11)12)5-3-10-4-13-5/h3-4,6-7H,1-2H3,(H,11,12)/t6-,7+/m1/s1. The molecule has 0 bridgehead atoms. The topological polar surface area (TPSA) is 63.3 Å². The molecule has 1 fully saturated rings. The third-order valence-electron chi connectivity index (χ3n) is 2.85. The van der Waals surface area contributed by atoms with Gasteiger partial charge in [-0.25, -0.2) is 4.98 Å². The predicted octanol–water partition coefficient (Wildman–Crippen LogP) is 1.50. The highest BCUT2D eigenvalue weighted by atomic mass is 16.4. The summed E-state index contributed by atoms with van der Waals surface area (Å²) in [6.45, 7) is 3.86. The first-order valence-electron chi connectivity index (χ1n) is 4.16. The van der Waals surface area contributed by atoms with E-state index in [4.69, 9.17) is 9.52 Å². The largest absolute Gasteiger partial charge is 0.481 e. The van der Waals surface area contributed by atoms with E-state index >= 15 is 0 Å². The number of aromatic nitrogens is 1. The SMILES string of the molecule is CC1(C)[C@H](C(=O)O)[C@H]1c1cnco1. The third kappa shape index (κ3) is 1.05. The van der Waals surface area contributed by atoms with Gasteiger partial charge in [0.1, 0.15) is 5.76 Å². The van der Waals surface area contributed by atoms with Crippen LogP contribution >= 0.6 is 0 Å². The molecule has 2 atom stereocenters. The van der Waals surface area contributed by atoms with Crippen molar-refractivity contribution in [3.05, 3.63) is 18.4 Å². The van der Waals surface area contributed by atoms with Crippen molar-refractivity contribution in [2.75, 3.05) is 0 Å². The van der Waals surface area contributed by atoms with E-state index in [2.05, 4.69) is 4.98 Å². The van der Waals surface area contributed by atoms with Crippen molar-refractivity contribution in [2.45, 2.75) is 19.8 Å². The van der Waals surface area contributed by atoms with Crippen LogP contribution in [0.25, 0.3) is 0 Å². The van der Waals surface area contributed by atoms with Crippen LogP contribution in [0.5, 0.6) is 0 Å². The van der Waals surface area contributed by atoms with Crippen LogP contribution in [0.4, 0.5) is 0 Å². The molecule has 1 aliphatic rings. The van der Waals surface area contributed by atoms with Gasteiger partial charge in [0, 0.05) is 5.92 Å². The lowest BCUT2D eigenvalue weighted by atomic mass is 10.1. The average Bonchev–Trinajstić information content (AvgIpc) is 2.50. The minimum absolute atomic E-state index is 0.0208. The molecule has 1 heterocycles. The molecule has 1 saturated carbocycles. The normalized spacial score (nSPS) is 30.0. The fourth-order valence-corrected chi connectivity index (χ4v) is 2.01. The van der Waals surface area contributed by atoms with Crippen LogP contribution in [-0.2, 0) is 4.79 Å². The molecular formula is C9H11NO3. The lowest BCUT2D eigenvalue weighted by Crippen LogP contribution is -2.02. The fraction of sp³-hybridized carbons (Fsp3) is 0.556. The molecule has 0 saturated heterocycles. The number of hydrogen-bond acceptors (Lipinski definition) is 3. The third-order valence-corrected chi connectivity index (χ3v) is 2.85. The summed E-state index contributed by atoms with van der Waals surface area (Å²) in [5, 5.41) is 8.90. The zero-order valence-corrected chi connectivity index (χ0v) is 7.52. The summed E-state index contributed by atoms with van der Waals surface area (Å²) in [4.78, 5) is 14.6. The van der Waals surface area contributed by atoms with Gasteiger partial charge in [-0.05, 0) is 5.41 Å². The molecule has 1 N–H and O–H groups in total. The van der Waals surface area contributed by atoms with Crippen molar-refractivity contribution in [1.29, 1.82) is 0 Å². The van der Waals surface area contributed by atoms with E-state index in [1.165, 1.54) is 6.39 Å². The van der Waals surface area contributed by atoms with Crippen LogP contribution in [0.3, 0.4) is 0 Å². The van der Waals surface area contributed by atoms with Gasteiger partial charge in [-0.15, -0.1) is 0 Å². The van der Waals surface area contributed by atoms with Crippen LogP contribution in [0, 0.1) is 11.3 Å². The van der Waals surface area contributed by atoms with Gasteiger partial charge >= 0.3 is 5.97 Å². The molecule has 13 heavy (non-hydrogen) atoms. The summed E-state index contributed by atoms with van der Waals surface area (Å²) >= 11 is 0. The highest BCUT2D eigenvalue weighted by molar-refractivity contribution is 5.77. The highest BCUT2D eigenvalue weighted by Crippen LogP contribution is 2.64. The molecular weight excluding hydrogens is 170 g/mol. The van der Waals surface area contributed by atoms with Gasteiger partial charge in [-0.1, -0.05) is 13.8 Å². The first-order chi connectivity index (χ1) is 6.05. The van der Waals surface area contributed by atoms with E-state index in [9.17, 15) is 4.79 Å². The summed E-state index contributed by atoms with van der Waals surface area (Å²) in [5.41, 5.74) is -0.203. The molecule has 1 aromatic rings. The summed E-state index contributed by atoms with van der Waals surface area (Å²) in [5.74, 6) is -0.434. The molecule has 2 rings (SSSR count). The average molecular weight is 181 g/mol. The molecule has 0 unspecified atom stereocenters. The number of rotatable bonds is 2. The van der Waals surface area contributed by atoms with Crippen LogP contribution in [0.1, 0.15) is 25.5 Å². The summed E-state index contributed by atoms with van der Waals surface area (Å²) in [6, 6.07) is 0. The highest BCUT2D eigenvalue weighted by Gasteiger charge is 2.64. The Balaban J connectivity index is 2.25. The van der Waals surface area contributed by atoms with Crippen molar-refractivity contribution in [1.82, 2.24) is 4.98 Å². The van der Waals surface area contributed by atoms with Gasteiger partial charge in [0.15, 0.2) is 6.39 Å². The van der Waals surface area contributed by atoms with E-state index in [1.54, 1.807) is 6.20 Å². The van der Waals surface area contributed by atoms with E-state index in [1.807, 2.05) is 13.8 Å². The molecule has 0 amide bonds. The molecule has 0 radical (unpaired) electrons. The zero-order chi connectivity index (χ0) is 9.64. The van der Waals surface area contributed by atoms with Crippen LogP contribution in [-0.4, -0.2) is 16.1 Å². The van der Waals surface area contributed by atoms with E-state index in [-0.39, 0.29) is 17.3 Å². The molecule has 70 valence electrons. The Morgan fingerprint density at radius 2 is 2.38 bits per heavy atom. The maximum atomic E-state index is 10.8. The van der Waals surface area contributed by atoms with Crippen LogP contribution < -0.4 is 0 Å². The van der Waals surface area contributed by atoms with Gasteiger partial charge in [0.05, 0.1) is 12.1 Å². The molecule has 4 nitrogen and oxygen atoms in total. The van der Waals surface area contributed by atoms with E-state index in [0.29, 0.717) is 5.76 Å². The monoisotopic (exact) mass is 181 g/mol. The summed E-state index contributed by atoms with van der Waals surface area (Å²) in [7, 11) is 0. The van der Waals surface area contributed by atoms with E-state index < -0.39 is 5.97 Å². The Kier molecular flexibility index (Phi) is 1.49.